The largest absolute Gasteiger partial charge is 0.381 e. The molecule has 2 saturated heterocycles. The highest BCUT2D eigenvalue weighted by Gasteiger charge is 2.33. The third kappa shape index (κ3) is 3.83. The molecule has 2 fully saturated rings. The first kappa shape index (κ1) is 16.5. The second kappa shape index (κ2) is 7.50. The van der Waals surface area contributed by atoms with Gasteiger partial charge in [0.25, 0.3) is 0 Å². The fraction of sp³-hybridized carbons (Fsp3) is 0.500. The summed E-state index contributed by atoms with van der Waals surface area (Å²) in [6.07, 6.45) is 4.72. The zero-order chi connectivity index (χ0) is 17.1. The van der Waals surface area contributed by atoms with Crippen LogP contribution < -0.4 is 5.32 Å². The van der Waals surface area contributed by atoms with Crippen molar-refractivity contribution < 1.29 is 4.74 Å². The predicted octanol–water partition coefficient (Wildman–Crippen LogP) is 3.84. The Balaban J connectivity index is 1.52. The number of hydrogen-bond donors (Lipinski definition) is 1. The Hall–Kier alpha value is -1.98. The second-order valence-electron chi connectivity index (χ2n) is 6.98. The summed E-state index contributed by atoms with van der Waals surface area (Å²) < 4.78 is 5.54. The second-order valence-corrected chi connectivity index (χ2v) is 6.98. The number of aromatic nitrogens is 2. The van der Waals surface area contributed by atoms with Crippen molar-refractivity contribution >= 4 is 11.6 Å². The van der Waals surface area contributed by atoms with E-state index in [1.54, 1.807) is 0 Å². The first-order valence-electron chi connectivity index (χ1n) is 9.31. The van der Waals surface area contributed by atoms with Gasteiger partial charge in [-0.1, -0.05) is 12.1 Å². The SMILES string of the molecule is Cc1cccc(Nc2cccc(C3CCCN3C3CCOCC3)n2)n1. The van der Waals surface area contributed by atoms with Gasteiger partial charge in [-0.15, -0.1) is 0 Å². The highest BCUT2D eigenvalue weighted by molar-refractivity contribution is 5.51. The minimum atomic E-state index is 0.426. The summed E-state index contributed by atoms with van der Waals surface area (Å²) in [4.78, 5) is 12.1. The molecule has 4 heterocycles. The number of aryl methyl sites for hydroxylation is 1. The first-order chi connectivity index (χ1) is 12.3. The van der Waals surface area contributed by atoms with Gasteiger partial charge in [-0.2, -0.15) is 0 Å². The molecule has 0 amide bonds. The zero-order valence-corrected chi connectivity index (χ0v) is 14.8. The molecule has 2 aliphatic heterocycles. The molecule has 0 radical (unpaired) electrons. The molecule has 0 saturated carbocycles. The van der Waals surface area contributed by atoms with Crippen LogP contribution in [0.25, 0.3) is 0 Å². The van der Waals surface area contributed by atoms with Gasteiger partial charge < -0.3 is 10.1 Å². The van der Waals surface area contributed by atoms with Gasteiger partial charge in [0.2, 0.25) is 0 Å². The van der Waals surface area contributed by atoms with E-state index in [0.29, 0.717) is 12.1 Å². The zero-order valence-electron chi connectivity index (χ0n) is 14.8. The van der Waals surface area contributed by atoms with Crippen molar-refractivity contribution in [3.8, 4) is 0 Å². The van der Waals surface area contributed by atoms with Crippen LogP contribution in [0, 0.1) is 6.92 Å². The van der Waals surface area contributed by atoms with Crippen LogP contribution in [0.3, 0.4) is 0 Å². The number of ether oxygens (including phenoxy) is 1. The molecule has 1 atom stereocenters. The molecule has 0 aliphatic carbocycles. The van der Waals surface area contributed by atoms with E-state index in [0.717, 1.165) is 43.4 Å². The van der Waals surface area contributed by atoms with E-state index in [9.17, 15) is 0 Å². The van der Waals surface area contributed by atoms with Crippen molar-refractivity contribution in [3.63, 3.8) is 0 Å². The number of rotatable bonds is 4. The summed E-state index contributed by atoms with van der Waals surface area (Å²) in [6, 6.07) is 13.3. The maximum absolute atomic E-state index is 5.54. The summed E-state index contributed by atoms with van der Waals surface area (Å²) in [7, 11) is 0. The molecule has 25 heavy (non-hydrogen) atoms. The minimum Gasteiger partial charge on any atom is -0.381 e. The number of likely N-dealkylation sites (tertiary alicyclic amines) is 1. The molecule has 1 N–H and O–H groups in total. The Labute approximate surface area is 149 Å². The Morgan fingerprint density at radius 3 is 2.56 bits per heavy atom. The number of hydrogen-bond acceptors (Lipinski definition) is 5. The molecular weight excluding hydrogens is 312 g/mol. The van der Waals surface area contributed by atoms with Gasteiger partial charge in [0.05, 0.1) is 11.7 Å². The van der Waals surface area contributed by atoms with Crippen LogP contribution >= 0.6 is 0 Å². The van der Waals surface area contributed by atoms with Gasteiger partial charge in [-0.05, 0) is 63.4 Å². The van der Waals surface area contributed by atoms with Crippen LogP contribution in [0.1, 0.15) is 43.1 Å². The normalized spacial score (nSPS) is 22.2. The van der Waals surface area contributed by atoms with E-state index in [1.807, 2.05) is 31.2 Å². The van der Waals surface area contributed by atoms with E-state index < -0.39 is 0 Å². The van der Waals surface area contributed by atoms with Gasteiger partial charge >= 0.3 is 0 Å². The van der Waals surface area contributed by atoms with E-state index in [2.05, 4.69) is 27.3 Å². The van der Waals surface area contributed by atoms with Crippen LogP contribution in [0.4, 0.5) is 11.6 Å². The maximum Gasteiger partial charge on any atom is 0.131 e. The molecule has 4 rings (SSSR count). The smallest absolute Gasteiger partial charge is 0.131 e. The van der Waals surface area contributed by atoms with E-state index in [-0.39, 0.29) is 0 Å². The van der Waals surface area contributed by atoms with Crippen LogP contribution in [-0.2, 0) is 4.74 Å². The molecular formula is C20H26N4O. The molecule has 5 nitrogen and oxygen atoms in total. The molecule has 2 aromatic rings. The fourth-order valence-electron chi connectivity index (χ4n) is 4.01. The van der Waals surface area contributed by atoms with Crippen LogP contribution in [-0.4, -0.2) is 40.7 Å². The summed E-state index contributed by atoms with van der Waals surface area (Å²) in [6.45, 7) is 4.96. The topological polar surface area (TPSA) is 50.3 Å². The number of nitrogens with one attached hydrogen (secondary N) is 1. The van der Waals surface area contributed by atoms with Crippen molar-refractivity contribution in [3.05, 3.63) is 47.8 Å². The number of anilines is 2. The number of nitrogens with zero attached hydrogens (tertiary/aromatic N) is 3. The molecule has 0 aromatic carbocycles. The standard InChI is InChI=1S/C20H26N4O/c1-15-5-2-8-19(21-15)23-20-9-3-6-17(22-20)18-7-4-12-24(18)16-10-13-25-14-11-16/h2-3,5-6,8-9,16,18H,4,7,10-14H2,1H3,(H,21,22,23). The Morgan fingerprint density at radius 2 is 1.76 bits per heavy atom. The third-order valence-electron chi connectivity index (χ3n) is 5.21. The van der Waals surface area contributed by atoms with Crippen LogP contribution in [0.15, 0.2) is 36.4 Å². The molecule has 0 spiro atoms. The molecule has 2 aromatic heterocycles. The Bertz CT molecular complexity index is 714. The fourth-order valence-corrected chi connectivity index (χ4v) is 4.01. The summed E-state index contributed by atoms with van der Waals surface area (Å²) >= 11 is 0. The summed E-state index contributed by atoms with van der Waals surface area (Å²) in [5.74, 6) is 1.71. The van der Waals surface area contributed by atoms with Crippen molar-refractivity contribution in [1.29, 1.82) is 0 Å². The Morgan fingerprint density at radius 1 is 1.00 bits per heavy atom. The van der Waals surface area contributed by atoms with Crippen molar-refractivity contribution in [2.45, 2.75) is 44.7 Å². The monoisotopic (exact) mass is 338 g/mol. The quantitative estimate of drug-likeness (QED) is 0.918. The van der Waals surface area contributed by atoms with Crippen molar-refractivity contribution in [1.82, 2.24) is 14.9 Å². The first-order valence-corrected chi connectivity index (χ1v) is 9.31. The van der Waals surface area contributed by atoms with Crippen LogP contribution in [0.2, 0.25) is 0 Å². The lowest BCUT2D eigenvalue weighted by atomic mass is 10.0. The summed E-state index contributed by atoms with van der Waals surface area (Å²) in [5, 5.41) is 3.34. The Kier molecular flexibility index (Phi) is 4.95. The maximum atomic E-state index is 5.54. The average molecular weight is 338 g/mol. The van der Waals surface area contributed by atoms with Gasteiger partial charge in [0, 0.05) is 24.9 Å². The van der Waals surface area contributed by atoms with Gasteiger partial charge in [0.1, 0.15) is 11.6 Å². The molecule has 0 bridgehead atoms. The lowest BCUT2D eigenvalue weighted by Crippen LogP contribution is -2.39. The van der Waals surface area contributed by atoms with Gasteiger partial charge in [-0.3, -0.25) is 4.90 Å². The lowest BCUT2D eigenvalue weighted by molar-refractivity contribution is 0.0285. The lowest BCUT2D eigenvalue weighted by Gasteiger charge is -2.35. The summed E-state index contributed by atoms with van der Waals surface area (Å²) in [5.41, 5.74) is 2.17. The molecule has 1 unspecified atom stereocenters. The third-order valence-corrected chi connectivity index (χ3v) is 5.21. The predicted molar refractivity (Wildman–Crippen MR) is 99.0 cm³/mol. The molecule has 2 aliphatic rings. The molecule has 132 valence electrons. The molecule has 5 heteroatoms. The van der Waals surface area contributed by atoms with Gasteiger partial charge in [0.15, 0.2) is 0 Å². The van der Waals surface area contributed by atoms with E-state index in [1.165, 1.54) is 25.1 Å². The van der Waals surface area contributed by atoms with Crippen molar-refractivity contribution in [2.24, 2.45) is 0 Å². The van der Waals surface area contributed by atoms with E-state index in [4.69, 9.17) is 9.72 Å². The highest BCUT2D eigenvalue weighted by Crippen LogP contribution is 2.35. The number of pyridine rings is 2. The van der Waals surface area contributed by atoms with Crippen LogP contribution in [0.5, 0.6) is 0 Å². The average Bonchev–Trinajstić information content (AvgIpc) is 3.13. The van der Waals surface area contributed by atoms with E-state index >= 15 is 0 Å². The minimum absolute atomic E-state index is 0.426. The van der Waals surface area contributed by atoms with Crippen molar-refractivity contribution in [2.75, 3.05) is 25.1 Å². The van der Waals surface area contributed by atoms with Gasteiger partial charge in [-0.25, -0.2) is 9.97 Å². The highest BCUT2D eigenvalue weighted by atomic mass is 16.5.